The summed E-state index contributed by atoms with van der Waals surface area (Å²) in [7, 11) is 0. The average molecular weight is 165 g/mol. The molecule has 0 saturated carbocycles. The van der Waals surface area contributed by atoms with Gasteiger partial charge in [0.1, 0.15) is 0 Å². The van der Waals surface area contributed by atoms with Crippen molar-refractivity contribution < 1.29 is 9.21 Å². The zero-order valence-corrected chi connectivity index (χ0v) is 6.75. The van der Waals surface area contributed by atoms with E-state index < -0.39 is 0 Å². The van der Waals surface area contributed by atoms with E-state index in [2.05, 4.69) is 5.32 Å². The van der Waals surface area contributed by atoms with Crippen molar-refractivity contribution in [2.45, 2.75) is 6.42 Å². The predicted molar refractivity (Wildman–Crippen MR) is 44.0 cm³/mol. The van der Waals surface area contributed by atoms with Gasteiger partial charge < -0.3 is 9.73 Å². The molecule has 1 saturated heterocycles. The van der Waals surface area contributed by atoms with Crippen molar-refractivity contribution >= 4 is 5.78 Å². The van der Waals surface area contributed by atoms with Gasteiger partial charge in [0.15, 0.2) is 5.76 Å². The molecule has 1 fully saturated rings. The molecule has 0 amide bonds. The Balaban J connectivity index is 2.09. The molecule has 1 N–H and O–H groups in total. The molecule has 0 spiro atoms. The second-order valence-electron chi connectivity index (χ2n) is 3.03. The van der Waals surface area contributed by atoms with Gasteiger partial charge in [0.2, 0.25) is 5.78 Å². The Labute approximate surface area is 70.8 Å². The van der Waals surface area contributed by atoms with E-state index in [1.54, 1.807) is 12.1 Å². The van der Waals surface area contributed by atoms with Gasteiger partial charge in [0.25, 0.3) is 0 Å². The van der Waals surface area contributed by atoms with Crippen LogP contribution in [-0.2, 0) is 0 Å². The largest absolute Gasteiger partial charge is 0.461 e. The molecule has 12 heavy (non-hydrogen) atoms. The topological polar surface area (TPSA) is 42.2 Å². The highest BCUT2D eigenvalue weighted by Gasteiger charge is 2.24. The molecular formula is C9H11NO2. The van der Waals surface area contributed by atoms with Gasteiger partial charge in [-0.15, -0.1) is 0 Å². The monoisotopic (exact) mass is 165 g/mol. The molecule has 1 aromatic heterocycles. The molecule has 0 bridgehead atoms. The van der Waals surface area contributed by atoms with Gasteiger partial charge in [0, 0.05) is 12.5 Å². The molecule has 0 aliphatic carbocycles. The zero-order valence-electron chi connectivity index (χ0n) is 6.75. The number of ketones is 1. The SMILES string of the molecule is O=C(c1ccco1)C1CCNC1. The smallest absolute Gasteiger partial charge is 0.202 e. The standard InChI is InChI=1S/C9H11NO2/c11-9(7-3-4-10-6-7)8-2-1-5-12-8/h1-2,5,7,10H,3-4,6H2. The molecule has 1 aliphatic rings. The summed E-state index contributed by atoms with van der Waals surface area (Å²) in [5.41, 5.74) is 0. The van der Waals surface area contributed by atoms with Crippen LogP contribution in [0.2, 0.25) is 0 Å². The lowest BCUT2D eigenvalue weighted by atomic mass is 10.0. The van der Waals surface area contributed by atoms with Crippen molar-refractivity contribution in [3.8, 4) is 0 Å². The Kier molecular flexibility index (Phi) is 1.96. The molecule has 1 unspecified atom stereocenters. The van der Waals surface area contributed by atoms with Gasteiger partial charge >= 0.3 is 0 Å². The summed E-state index contributed by atoms with van der Waals surface area (Å²) < 4.78 is 5.03. The van der Waals surface area contributed by atoms with E-state index in [0.29, 0.717) is 5.76 Å². The van der Waals surface area contributed by atoms with Gasteiger partial charge in [0.05, 0.1) is 6.26 Å². The Hall–Kier alpha value is -1.09. The first-order valence-corrected chi connectivity index (χ1v) is 4.16. The second-order valence-corrected chi connectivity index (χ2v) is 3.03. The van der Waals surface area contributed by atoms with E-state index in [-0.39, 0.29) is 11.7 Å². The van der Waals surface area contributed by atoms with Crippen LogP contribution in [0, 0.1) is 5.92 Å². The number of carbonyl (C=O) groups excluding carboxylic acids is 1. The summed E-state index contributed by atoms with van der Waals surface area (Å²) in [5.74, 6) is 0.741. The van der Waals surface area contributed by atoms with E-state index in [9.17, 15) is 4.79 Å². The summed E-state index contributed by atoms with van der Waals surface area (Å²) >= 11 is 0. The van der Waals surface area contributed by atoms with Gasteiger partial charge in [-0.25, -0.2) is 0 Å². The minimum Gasteiger partial charge on any atom is -0.461 e. The molecule has 1 aromatic rings. The fraction of sp³-hybridized carbons (Fsp3) is 0.444. The van der Waals surface area contributed by atoms with Crippen molar-refractivity contribution in [3.05, 3.63) is 24.2 Å². The first-order valence-electron chi connectivity index (χ1n) is 4.16. The highest BCUT2D eigenvalue weighted by molar-refractivity contribution is 5.95. The Morgan fingerprint density at radius 1 is 1.67 bits per heavy atom. The number of rotatable bonds is 2. The molecule has 0 radical (unpaired) electrons. The summed E-state index contributed by atoms with van der Waals surface area (Å²) in [6.45, 7) is 1.73. The molecule has 3 heteroatoms. The number of hydrogen-bond acceptors (Lipinski definition) is 3. The van der Waals surface area contributed by atoms with Crippen LogP contribution in [-0.4, -0.2) is 18.9 Å². The van der Waals surface area contributed by atoms with Crippen molar-refractivity contribution in [3.63, 3.8) is 0 Å². The van der Waals surface area contributed by atoms with Gasteiger partial charge in [-0.1, -0.05) is 0 Å². The van der Waals surface area contributed by atoms with Crippen LogP contribution in [0.1, 0.15) is 17.0 Å². The molecule has 0 aromatic carbocycles. The predicted octanol–water partition coefficient (Wildman–Crippen LogP) is 1.07. The summed E-state index contributed by atoms with van der Waals surface area (Å²) in [6, 6.07) is 3.47. The summed E-state index contributed by atoms with van der Waals surface area (Å²) in [4.78, 5) is 11.6. The number of hydrogen-bond donors (Lipinski definition) is 1. The number of Topliss-reactive ketones (excluding diaryl/α,β-unsaturated/α-hetero) is 1. The van der Waals surface area contributed by atoms with Crippen LogP contribution < -0.4 is 5.32 Å². The lowest BCUT2D eigenvalue weighted by Crippen LogP contribution is -2.17. The quantitative estimate of drug-likeness (QED) is 0.666. The number of nitrogens with one attached hydrogen (secondary N) is 1. The molecule has 1 atom stereocenters. The van der Waals surface area contributed by atoms with Crippen LogP contribution in [0.4, 0.5) is 0 Å². The first-order chi connectivity index (χ1) is 5.88. The van der Waals surface area contributed by atoms with E-state index in [4.69, 9.17) is 4.42 Å². The third-order valence-corrected chi connectivity index (χ3v) is 2.20. The second kappa shape index (κ2) is 3.11. The van der Waals surface area contributed by atoms with Crippen LogP contribution in [0.5, 0.6) is 0 Å². The molecular weight excluding hydrogens is 154 g/mol. The third-order valence-electron chi connectivity index (χ3n) is 2.20. The van der Waals surface area contributed by atoms with E-state index in [0.717, 1.165) is 19.5 Å². The van der Waals surface area contributed by atoms with Crippen molar-refractivity contribution in [1.82, 2.24) is 5.32 Å². The fourth-order valence-corrected chi connectivity index (χ4v) is 1.50. The molecule has 2 heterocycles. The minimum absolute atomic E-state index is 0.121. The fourth-order valence-electron chi connectivity index (χ4n) is 1.50. The normalized spacial score (nSPS) is 22.8. The average Bonchev–Trinajstić information content (AvgIpc) is 2.77. The van der Waals surface area contributed by atoms with Crippen LogP contribution in [0.3, 0.4) is 0 Å². The number of furan rings is 1. The van der Waals surface area contributed by atoms with Gasteiger partial charge in [-0.05, 0) is 25.1 Å². The highest BCUT2D eigenvalue weighted by atomic mass is 16.3. The van der Waals surface area contributed by atoms with Crippen LogP contribution in [0.15, 0.2) is 22.8 Å². The van der Waals surface area contributed by atoms with Crippen molar-refractivity contribution in [2.24, 2.45) is 5.92 Å². The maximum absolute atomic E-state index is 11.6. The molecule has 1 aliphatic heterocycles. The summed E-state index contributed by atoms with van der Waals surface area (Å²) in [5, 5.41) is 3.15. The van der Waals surface area contributed by atoms with Crippen LogP contribution in [0.25, 0.3) is 0 Å². The first kappa shape index (κ1) is 7.55. The van der Waals surface area contributed by atoms with E-state index in [1.165, 1.54) is 6.26 Å². The third kappa shape index (κ3) is 1.28. The molecule has 2 rings (SSSR count). The van der Waals surface area contributed by atoms with Crippen molar-refractivity contribution in [1.29, 1.82) is 0 Å². The van der Waals surface area contributed by atoms with Crippen molar-refractivity contribution in [2.75, 3.05) is 13.1 Å². The molecule has 3 nitrogen and oxygen atoms in total. The highest BCUT2D eigenvalue weighted by Crippen LogP contribution is 2.15. The lowest BCUT2D eigenvalue weighted by molar-refractivity contribution is 0.0902. The maximum Gasteiger partial charge on any atom is 0.202 e. The summed E-state index contributed by atoms with van der Waals surface area (Å²) in [6.07, 6.45) is 2.47. The minimum atomic E-state index is 0.121. The zero-order chi connectivity index (χ0) is 8.39. The maximum atomic E-state index is 11.6. The van der Waals surface area contributed by atoms with E-state index >= 15 is 0 Å². The Bertz CT molecular complexity index is 260. The van der Waals surface area contributed by atoms with E-state index in [1.807, 2.05) is 0 Å². The molecule has 64 valence electrons. The number of carbonyl (C=O) groups is 1. The Morgan fingerprint density at radius 3 is 3.17 bits per heavy atom. The van der Waals surface area contributed by atoms with Gasteiger partial charge in [-0.3, -0.25) is 4.79 Å². The lowest BCUT2D eigenvalue weighted by Gasteiger charge is -2.02. The Morgan fingerprint density at radius 2 is 2.58 bits per heavy atom. The van der Waals surface area contributed by atoms with Gasteiger partial charge in [-0.2, -0.15) is 0 Å². The van der Waals surface area contributed by atoms with Crippen LogP contribution >= 0.6 is 0 Å².